The minimum absolute atomic E-state index is 0.373. The second-order valence-electron chi connectivity index (χ2n) is 18.6. The standard InChI is InChI=1S/C56H52Br2N2O4/c1-31(2)9-7-11-33(5)13-15-35-17-21-37(22-18-35)59-53(61)41-27-25-39-50-46(58)30-44-48-42(28-26-40(52(48)50)49-45(57)29-43(55(59)63)47(41)51(39)49)54(62)60(56(44)64)38-23-19-36(20-24-38)16-14-34(6)12-8-10-32(3)4/h9-10,17-30,33-34H,7-8,11-16H2,1-6H3/t33-,34-/m0/s1. The fourth-order valence-electron chi connectivity index (χ4n) is 9.89. The van der Waals surface area contributed by atoms with Crippen LogP contribution in [0.2, 0.25) is 0 Å². The van der Waals surface area contributed by atoms with Crippen molar-refractivity contribution < 1.29 is 19.2 Å². The molecule has 2 heterocycles. The molecular formula is C56H52Br2N2O4. The first kappa shape index (κ1) is 43.8. The summed E-state index contributed by atoms with van der Waals surface area (Å²) in [5.74, 6) is -0.328. The molecular weight excluding hydrogens is 924 g/mol. The second kappa shape index (κ2) is 17.5. The van der Waals surface area contributed by atoms with Gasteiger partial charge in [-0.05, 0) is 161 Å². The maximum atomic E-state index is 14.5. The minimum atomic E-state index is -0.383. The molecule has 2 aliphatic heterocycles. The Hall–Kier alpha value is -5.44. The molecule has 0 N–H and O–H groups in total. The summed E-state index contributed by atoms with van der Waals surface area (Å²) in [6.45, 7) is 13.1. The number of carbonyl (C=O) groups excluding carboxylic acids is 4. The van der Waals surface area contributed by atoms with Crippen LogP contribution in [0.5, 0.6) is 0 Å². The van der Waals surface area contributed by atoms with Gasteiger partial charge in [0.2, 0.25) is 0 Å². The lowest BCUT2D eigenvalue weighted by atomic mass is 9.82. The molecule has 0 bridgehead atoms. The van der Waals surface area contributed by atoms with Crippen LogP contribution in [0.4, 0.5) is 11.4 Å². The number of allylic oxidation sites excluding steroid dienone is 4. The highest BCUT2D eigenvalue weighted by atomic mass is 79.9. The van der Waals surface area contributed by atoms with E-state index in [1.807, 2.05) is 84.9 Å². The third-order valence-electron chi connectivity index (χ3n) is 13.4. The molecule has 0 radical (unpaired) electrons. The summed E-state index contributed by atoms with van der Waals surface area (Å²) in [6.07, 6.45) is 13.1. The Bertz CT molecular complexity index is 2910. The molecule has 7 aromatic carbocycles. The third-order valence-corrected chi connectivity index (χ3v) is 14.7. The van der Waals surface area contributed by atoms with Gasteiger partial charge >= 0.3 is 0 Å². The molecule has 8 heteroatoms. The van der Waals surface area contributed by atoms with Crippen LogP contribution in [0.25, 0.3) is 43.1 Å². The number of hydrogen-bond acceptors (Lipinski definition) is 4. The van der Waals surface area contributed by atoms with E-state index in [1.54, 1.807) is 0 Å². The lowest BCUT2D eigenvalue weighted by molar-refractivity contribution is 0.0877. The third kappa shape index (κ3) is 7.70. The molecule has 0 unspecified atom stereocenters. The molecule has 64 heavy (non-hydrogen) atoms. The number of benzene rings is 7. The van der Waals surface area contributed by atoms with E-state index in [4.69, 9.17) is 0 Å². The predicted octanol–water partition coefficient (Wildman–Crippen LogP) is 15.5. The molecule has 0 saturated heterocycles. The fraction of sp³-hybridized carbons (Fsp3) is 0.286. The first-order chi connectivity index (χ1) is 30.7. The molecule has 324 valence electrons. The fourth-order valence-corrected chi connectivity index (χ4v) is 11.2. The molecule has 0 fully saturated rings. The number of fused-ring (bicyclic) bond motifs is 2. The summed E-state index contributed by atoms with van der Waals surface area (Å²) >= 11 is 7.72. The van der Waals surface area contributed by atoms with Crippen LogP contribution in [0.1, 0.15) is 133 Å². The van der Waals surface area contributed by atoms with Crippen molar-refractivity contribution in [3.8, 4) is 0 Å². The molecule has 9 rings (SSSR count). The minimum Gasteiger partial charge on any atom is -0.268 e. The van der Waals surface area contributed by atoms with E-state index in [1.165, 1.54) is 32.1 Å². The lowest BCUT2D eigenvalue weighted by Gasteiger charge is -2.31. The number of nitrogens with zero attached hydrogens (tertiary/aromatic N) is 2. The van der Waals surface area contributed by atoms with E-state index in [0.29, 0.717) is 65.2 Å². The summed E-state index contributed by atoms with van der Waals surface area (Å²) in [5.41, 5.74) is 7.88. The zero-order valence-corrected chi connectivity index (χ0v) is 40.5. The van der Waals surface area contributed by atoms with Gasteiger partial charge in [-0.1, -0.05) is 105 Å². The van der Waals surface area contributed by atoms with Crippen LogP contribution in [-0.2, 0) is 12.8 Å². The van der Waals surface area contributed by atoms with Gasteiger partial charge in [-0.3, -0.25) is 19.2 Å². The Morgan fingerprint density at radius 3 is 1.19 bits per heavy atom. The first-order valence-corrected chi connectivity index (χ1v) is 24.1. The van der Waals surface area contributed by atoms with Gasteiger partial charge in [-0.15, -0.1) is 0 Å². The number of imide groups is 2. The summed E-state index contributed by atoms with van der Waals surface area (Å²) < 4.78 is 1.37. The number of rotatable bonds is 14. The topological polar surface area (TPSA) is 74.8 Å². The smallest absolute Gasteiger partial charge is 0.266 e. The van der Waals surface area contributed by atoms with Crippen molar-refractivity contribution >= 4 is 110 Å². The summed E-state index contributed by atoms with van der Waals surface area (Å²) in [6, 6.07) is 26.8. The number of hydrogen-bond donors (Lipinski definition) is 0. The molecule has 0 spiro atoms. The van der Waals surface area contributed by atoms with Crippen LogP contribution in [0.3, 0.4) is 0 Å². The predicted molar refractivity (Wildman–Crippen MR) is 271 cm³/mol. The maximum Gasteiger partial charge on any atom is 0.266 e. The van der Waals surface area contributed by atoms with Crippen molar-refractivity contribution in [1.29, 1.82) is 0 Å². The zero-order chi connectivity index (χ0) is 45.1. The summed E-state index contributed by atoms with van der Waals surface area (Å²) in [7, 11) is 0. The average molecular weight is 977 g/mol. The monoisotopic (exact) mass is 974 g/mol. The average Bonchev–Trinajstić information content (AvgIpc) is 3.26. The van der Waals surface area contributed by atoms with E-state index >= 15 is 0 Å². The quantitative estimate of drug-likeness (QED) is 0.0471. The Morgan fingerprint density at radius 2 is 0.828 bits per heavy atom. The van der Waals surface area contributed by atoms with Gasteiger partial charge in [-0.2, -0.15) is 0 Å². The van der Waals surface area contributed by atoms with E-state index in [2.05, 4.69) is 85.6 Å². The van der Waals surface area contributed by atoms with Crippen LogP contribution in [-0.4, -0.2) is 23.6 Å². The van der Waals surface area contributed by atoms with Gasteiger partial charge in [0.05, 0.1) is 22.5 Å². The number of aryl methyl sites for hydroxylation is 2. The summed E-state index contributed by atoms with van der Waals surface area (Å²) in [4.78, 5) is 60.6. The van der Waals surface area contributed by atoms with Crippen LogP contribution in [0.15, 0.2) is 117 Å². The SMILES string of the molecule is CC(C)=CCC[C@H](C)CCc1ccc(N2C(=O)c3ccc4c5c(Br)cc6c7c(ccc(c8c(Br)cc(c3c48)C2=O)c75)C(=O)N(c2ccc(CC[C@@H](C)CCC=C(C)C)cc2)C6=O)cc1. The molecule has 0 aromatic heterocycles. The number of halogens is 2. The summed E-state index contributed by atoms with van der Waals surface area (Å²) in [5, 5.41) is 6.04. The second-order valence-corrected chi connectivity index (χ2v) is 20.3. The molecule has 4 amide bonds. The number of anilines is 2. The maximum absolute atomic E-state index is 14.5. The Balaban J connectivity index is 1.04. The first-order valence-electron chi connectivity index (χ1n) is 22.5. The van der Waals surface area contributed by atoms with Crippen molar-refractivity contribution in [2.24, 2.45) is 11.8 Å². The van der Waals surface area contributed by atoms with Crippen molar-refractivity contribution in [1.82, 2.24) is 0 Å². The van der Waals surface area contributed by atoms with Gasteiger partial charge < -0.3 is 0 Å². The van der Waals surface area contributed by atoms with Gasteiger partial charge in [0.15, 0.2) is 0 Å². The highest BCUT2D eigenvalue weighted by Gasteiger charge is 2.39. The van der Waals surface area contributed by atoms with Crippen LogP contribution >= 0.6 is 31.9 Å². The van der Waals surface area contributed by atoms with E-state index in [0.717, 1.165) is 83.7 Å². The number of amides is 4. The highest BCUT2D eigenvalue weighted by Crippen LogP contribution is 2.51. The van der Waals surface area contributed by atoms with E-state index in [9.17, 15) is 19.2 Å². The van der Waals surface area contributed by atoms with Crippen molar-refractivity contribution in [2.75, 3.05) is 9.80 Å². The van der Waals surface area contributed by atoms with Crippen molar-refractivity contribution in [3.63, 3.8) is 0 Å². The van der Waals surface area contributed by atoms with Crippen LogP contribution in [0, 0.1) is 11.8 Å². The molecule has 0 saturated carbocycles. The Labute approximate surface area is 392 Å². The largest absolute Gasteiger partial charge is 0.268 e. The molecule has 2 atom stereocenters. The molecule has 0 aliphatic carbocycles. The normalized spacial score (nSPS) is 14.7. The lowest BCUT2D eigenvalue weighted by Crippen LogP contribution is -2.40. The van der Waals surface area contributed by atoms with Gasteiger partial charge in [0.1, 0.15) is 0 Å². The molecule has 7 aromatic rings. The van der Waals surface area contributed by atoms with E-state index < -0.39 is 0 Å². The van der Waals surface area contributed by atoms with E-state index in [-0.39, 0.29) is 23.6 Å². The zero-order valence-electron chi connectivity index (χ0n) is 37.3. The van der Waals surface area contributed by atoms with Gasteiger partial charge in [0.25, 0.3) is 23.6 Å². The van der Waals surface area contributed by atoms with Crippen LogP contribution < -0.4 is 9.80 Å². The molecule has 6 nitrogen and oxygen atoms in total. The highest BCUT2D eigenvalue weighted by molar-refractivity contribution is 9.11. The van der Waals surface area contributed by atoms with Gasteiger partial charge in [0, 0.05) is 52.4 Å². The Kier molecular flexibility index (Phi) is 12.0. The molecule has 2 aliphatic rings. The van der Waals surface area contributed by atoms with Crippen molar-refractivity contribution in [3.05, 3.63) is 151 Å². The van der Waals surface area contributed by atoms with Gasteiger partial charge in [-0.25, -0.2) is 9.80 Å². The number of carbonyl (C=O) groups is 4. The van der Waals surface area contributed by atoms with Crippen molar-refractivity contribution in [2.45, 2.75) is 92.9 Å². The Morgan fingerprint density at radius 1 is 0.469 bits per heavy atom.